The van der Waals surface area contributed by atoms with Gasteiger partial charge in [-0.1, -0.05) is 43.0 Å². The Morgan fingerprint density at radius 2 is 1.88 bits per heavy atom. The number of rotatable bonds is 7. The number of aromatic nitrogens is 1. The average Bonchev–Trinajstić information content (AvgIpc) is 2.78. The first-order chi connectivity index (χ1) is 15.3. The first-order valence-corrected chi connectivity index (χ1v) is 9.92. The monoisotopic (exact) mass is 428 g/mol. The summed E-state index contributed by atoms with van der Waals surface area (Å²) < 4.78 is 1.50. The van der Waals surface area contributed by atoms with Gasteiger partial charge in [-0.05, 0) is 44.2 Å². The number of allylic oxidation sites excluding steroid dienone is 1. The van der Waals surface area contributed by atoms with Crippen molar-refractivity contribution in [2.75, 3.05) is 0 Å². The smallest absolute Gasteiger partial charge is 0.263 e. The van der Waals surface area contributed by atoms with E-state index in [-0.39, 0.29) is 16.8 Å². The van der Waals surface area contributed by atoms with Crippen molar-refractivity contribution in [1.82, 2.24) is 9.88 Å². The van der Waals surface area contributed by atoms with Gasteiger partial charge in [-0.2, -0.15) is 0 Å². The number of carbonyl (C=O) groups excluding carboxylic acids is 2. The molecular formula is C25H24N4O3. The summed E-state index contributed by atoms with van der Waals surface area (Å²) in [7, 11) is 0. The van der Waals surface area contributed by atoms with E-state index in [0.717, 1.165) is 0 Å². The Balaban J connectivity index is 2.22. The fraction of sp³-hybridized carbons (Fsp3) is 0.120. The lowest BCUT2D eigenvalue weighted by atomic mass is 10.0. The molecule has 0 fully saturated rings. The molecule has 3 N–H and O–H groups in total. The zero-order valence-electron chi connectivity index (χ0n) is 18.0. The van der Waals surface area contributed by atoms with Crippen LogP contribution in [0.2, 0.25) is 0 Å². The molecule has 7 nitrogen and oxygen atoms in total. The summed E-state index contributed by atoms with van der Waals surface area (Å²) in [6.45, 7) is 10.5. The summed E-state index contributed by atoms with van der Waals surface area (Å²) in [4.78, 5) is 41.8. The minimum atomic E-state index is -0.591. The fourth-order valence-electron chi connectivity index (χ4n) is 3.63. The molecule has 162 valence electrons. The van der Waals surface area contributed by atoms with E-state index >= 15 is 0 Å². The van der Waals surface area contributed by atoms with Crippen molar-refractivity contribution in [3.63, 3.8) is 0 Å². The first-order valence-electron chi connectivity index (χ1n) is 9.92. The first kappa shape index (κ1) is 22.4. The van der Waals surface area contributed by atoms with Crippen molar-refractivity contribution in [3.05, 3.63) is 99.8 Å². The van der Waals surface area contributed by atoms with Crippen LogP contribution in [0.25, 0.3) is 16.5 Å². The number of hydrogen-bond donors (Lipinski definition) is 2. The van der Waals surface area contributed by atoms with Crippen LogP contribution < -0.4 is 16.6 Å². The number of pyridine rings is 1. The maximum atomic E-state index is 13.5. The van der Waals surface area contributed by atoms with E-state index in [4.69, 9.17) is 5.73 Å². The van der Waals surface area contributed by atoms with Gasteiger partial charge < -0.3 is 11.1 Å². The number of carbonyl (C=O) groups is 2. The third-order valence-electron chi connectivity index (χ3n) is 5.19. The molecule has 0 bridgehead atoms. The van der Waals surface area contributed by atoms with Gasteiger partial charge >= 0.3 is 0 Å². The second-order valence-electron chi connectivity index (χ2n) is 7.31. The Hall–Kier alpha value is -4.26. The molecule has 0 spiro atoms. The molecule has 0 aliphatic carbocycles. The lowest BCUT2D eigenvalue weighted by molar-refractivity contribution is -0.118. The largest absolute Gasteiger partial charge is 0.399 e. The SMILES string of the molecule is C=N/C(C)=C(/C(=C)N)C(=O)N[C@@H](C)c1cc2cccc(C=O)c2c(=O)n1-c1ccccc1. The number of aliphatic imine (C=N–C) groups is 1. The van der Waals surface area contributed by atoms with Gasteiger partial charge in [0.2, 0.25) is 0 Å². The highest BCUT2D eigenvalue weighted by Gasteiger charge is 2.22. The van der Waals surface area contributed by atoms with Gasteiger partial charge in [0.25, 0.3) is 11.5 Å². The topological polar surface area (TPSA) is 107 Å². The van der Waals surface area contributed by atoms with Gasteiger partial charge in [-0.15, -0.1) is 0 Å². The quantitative estimate of drug-likeness (QED) is 0.260. The number of hydrogen-bond acceptors (Lipinski definition) is 5. The number of amides is 1. The number of benzene rings is 2. The van der Waals surface area contributed by atoms with E-state index in [2.05, 4.69) is 23.6 Å². The predicted molar refractivity (Wildman–Crippen MR) is 127 cm³/mol. The van der Waals surface area contributed by atoms with Gasteiger partial charge in [0.15, 0.2) is 6.29 Å². The molecule has 0 saturated heterocycles. The zero-order chi connectivity index (χ0) is 23.4. The zero-order valence-corrected chi connectivity index (χ0v) is 18.0. The number of nitrogens with two attached hydrogens (primary N) is 1. The van der Waals surface area contributed by atoms with Crippen LogP contribution in [0.15, 0.2) is 87.9 Å². The summed E-state index contributed by atoms with van der Waals surface area (Å²) >= 11 is 0. The number of fused-ring (bicyclic) bond motifs is 1. The molecule has 7 heteroatoms. The van der Waals surface area contributed by atoms with Crippen LogP contribution in [-0.2, 0) is 4.79 Å². The third kappa shape index (κ3) is 4.13. The van der Waals surface area contributed by atoms with Crippen molar-refractivity contribution >= 4 is 29.7 Å². The second-order valence-corrected chi connectivity index (χ2v) is 7.31. The Morgan fingerprint density at radius 1 is 1.19 bits per heavy atom. The summed E-state index contributed by atoms with van der Waals surface area (Å²) in [5, 5.41) is 3.79. The molecule has 32 heavy (non-hydrogen) atoms. The molecule has 0 unspecified atom stereocenters. The number of nitrogens with zero attached hydrogens (tertiary/aromatic N) is 2. The van der Waals surface area contributed by atoms with Crippen molar-refractivity contribution in [2.24, 2.45) is 10.7 Å². The molecule has 0 aliphatic rings. The fourth-order valence-corrected chi connectivity index (χ4v) is 3.63. The maximum Gasteiger partial charge on any atom is 0.263 e. The Morgan fingerprint density at radius 3 is 2.47 bits per heavy atom. The molecular weight excluding hydrogens is 404 g/mol. The van der Waals surface area contributed by atoms with Crippen LogP contribution in [0.3, 0.4) is 0 Å². The van der Waals surface area contributed by atoms with Gasteiger partial charge in [-0.25, -0.2) is 0 Å². The third-order valence-corrected chi connectivity index (χ3v) is 5.19. The van der Waals surface area contributed by atoms with Crippen LogP contribution in [0.4, 0.5) is 0 Å². The van der Waals surface area contributed by atoms with Crippen molar-refractivity contribution in [3.8, 4) is 5.69 Å². The van der Waals surface area contributed by atoms with Crippen molar-refractivity contribution in [2.45, 2.75) is 19.9 Å². The van der Waals surface area contributed by atoms with E-state index in [9.17, 15) is 14.4 Å². The van der Waals surface area contributed by atoms with Crippen LogP contribution >= 0.6 is 0 Å². The highest BCUT2D eigenvalue weighted by molar-refractivity contribution is 5.99. The Kier molecular flexibility index (Phi) is 6.49. The molecule has 1 amide bonds. The Bertz CT molecular complexity index is 1320. The molecule has 1 atom stereocenters. The molecule has 1 aromatic heterocycles. The molecule has 1 heterocycles. The minimum Gasteiger partial charge on any atom is -0.399 e. The number of para-hydroxylation sites is 1. The van der Waals surface area contributed by atoms with E-state index < -0.39 is 11.9 Å². The molecule has 0 aliphatic heterocycles. The van der Waals surface area contributed by atoms with Gasteiger partial charge in [0, 0.05) is 22.6 Å². The highest BCUT2D eigenvalue weighted by atomic mass is 16.2. The van der Waals surface area contributed by atoms with E-state index in [1.54, 1.807) is 50.2 Å². The van der Waals surface area contributed by atoms with Crippen LogP contribution in [-0.4, -0.2) is 23.5 Å². The number of aldehydes is 1. The summed E-state index contributed by atoms with van der Waals surface area (Å²) in [6, 6.07) is 15.3. The molecule has 0 radical (unpaired) electrons. The lowest BCUT2D eigenvalue weighted by Crippen LogP contribution is -2.34. The summed E-state index contributed by atoms with van der Waals surface area (Å²) in [6.07, 6.45) is 0.666. The molecule has 3 rings (SSSR count). The average molecular weight is 428 g/mol. The van der Waals surface area contributed by atoms with Crippen LogP contribution in [0.5, 0.6) is 0 Å². The highest BCUT2D eigenvalue weighted by Crippen LogP contribution is 2.23. The lowest BCUT2D eigenvalue weighted by Gasteiger charge is -2.22. The second kappa shape index (κ2) is 9.26. The number of nitrogens with one attached hydrogen (secondary N) is 1. The van der Waals surface area contributed by atoms with Crippen LogP contribution in [0, 0.1) is 0 Å². The summed E-state index contributed by atoms with van der Waals surface area (Å²) in [5.41, 5.74) is 7.43. The van der Waals surface area contributed by atoms with Gasteiger partial charge in [0.1, 0.15) is 0 Å². The Labute approximate surface area is 185 Å². The van der Waals surface area contributed by atoms with E-state index in [0.29, 0.717) is 39.7 Å². The van der Waals surface area contributed by atoms with Gasteiger partial charge in [-0.3, -0.25) is 23.9 Å². The van der Waals surface area contributed by atoms with Gasteiger partial charge in [0.05, 0.1) is 22.7 Å². The van der Waals surface area contributed by atoms with E-state index in [1.165, 1.54) is 4.57 Å². The van der Waals surface area contributed by atoms with Crippen LogP contribution in [0.1, 0.15) is 35.9 Å². The minimum absolute atomic E-state index is 0.0641. The van der Waals surface area contributed by atoms with Crippen molar-refractivity contribution in [1.29, 1.82) is 0 Å². The maximum absolute atomic E-state index is 13.5. The van der Waals surface area contributed by atoms with E-state index in [1.807, 2.05) is 18.2 Å². The van der Waals surface area contributed by atoms with Crippen molar-refractivity contribution < 1.29 is 9.59 Å². The predicted octanol–water partition coefficient (Wildman–Crippen LogP) is 3.43. The molecule has 3 aromatic rings. The molecule has 0 saturated carbocycles. The normalized spacial score (nSPS) is 12.6. The summed E-state index contributed by atoms with van der Waals surface area (Å²) in [5.74, 6) is -0.483. The standard InChI is InChI=1S/C25H24N4O3/c1-15(26)22(17(3)27-4)24(31)28-16(2)21-13-18-9-8-10-19(14-30)23(18)25(32)29(21)20-11-6-5-7-12-20/h5-14,16H,1,4,26H2,2-3H3,(H,28,31)/b22-17-/t16-/m0/s1. The molecule has 2 aromatic carbocycles.